The van der Waals surface area contributed by atoms with E-state index < -0.39 is 0 Å². The quantitative estimate of drug-likeness (QED) is 0.836. The van der Waals surface area contributed by atoms with Gasteiger partial charge in [-0.25, -0.2) is 0 Å². The zero-order chi connectivity index (χ0) is 13.8. The fraction of sp³-hybridized carbons (Fsp3) is 0.533. The number of thioether (sulfide) groups is 1. The predicted octanol–water partition coefficient (Wildman–Crippen LogP) is 2.98. The Balaban J connectivity index is 1.92. The zero-order valence-corrected chi connectivity index (χ0v) is 12.4. The Morgan fingerprint density at radius 1 is 1.32 bits per heavy atom. The van der Waals surface area contributed by atoms with E-state index in [0.29, 0.717) is 17.3 Å². The van der Waals surface area contributed by atoms with Gasteiger partial charge in [-0.15, -0.1) is 0 Å². The summed E-state index contributed by atoms with van der Waals surface area (Å²) in [6.07, 6.45) is 6.72. The summed E-state index contributed by atoms with van der Waals surface area (Å²) in [5.74, 6) is -0.000647. The number of nitrogens with one attached hydrogen (secondary N) is 1. The molecular weight excluding hydrogens is 256 g/mol. The highest BCUT2D eigenvalue weighted by molar-refractivity contribution is 7.99. The molecule has 1 aliphatic carbocycles. The SMILES string of the molecule is CSC1CCC(NC(=O)c2ccc(C)c(N)c2)CC1. The second-order valence-electron chi connectivity index (χ2n) is 5.25. The molecule has 0 spiro atoms. The van der Waals surface area contributed by atoms with Gasteiger partial charge in [-0.3, -0.25) is 4.79 Å². The van der Waals surface area contributed by atoms with E-state index in [4.69, 9.17) is 5.73 Å². The summed E-state index contributed by atoms with van der Waals surface area (Å²) in [5, 5.41) is 3.89. The first-order valence-electron chi connectivity index (χ1n) is 6.80. The topological polar surface area (TPSA) is 55.1 Å². The van der Waals surface area contributed by atoms with Gasteiger partial charge in [0, 0.05) is 22.5 Å². The number of benzene rings is 1. The fourth-order valence-corrected chi connectivity index (χ4v) is 3.24. The lowest BCUT2D eigenvalue weighted by Gasteiger charge is -2.28. The molecule has 3 N–H and O–H groups in total. The minimum absolute atomic E-state index is 0.000647. The summed E-state index contributed by atoms with van der Waals surface area (Å²) in [5.41, 5.74) is 8.20. The number of nitrogens with two attached hydrogens (primary N) is 1. The normalized spacial score (nSPS) is 23.1. The molecule has 1 fully saturated rings. The van der Waals surface area contributed by atoms with Crippen molar-refractivity contribution in [3.63, 3.8) is 0 Å². The highest BCUT2D eigenvalue weighted by Gasteiger charge is 2.22. The van der Waals surface area contributed by atoms with Gasteiger partial charge < -0.3 is 11.1 Å². The molecule has 1 saturated carbocycles. The van der Waals surface area contributed by atoms with E-state index in [-0.39, 0.29) is 5.91 Å². The molecule has 0 unspecified atom stereocenters. The van der Waals surface area contributed by atoms with Crippen molar-refractivity contribution in [1.29, 1.82) is 0 Å². The minimum atomic E-state index is -0.000647. The van der Waals surface area contributed by atoms with E-state index in [0.717, 1.165) is 23.7 Å². The first-order valence-corrected chi connectivity index (χ1v) is 8.08. The zero-order valence-electron chi connectivity index (χ0n) is 11.6. The molecule has 1 aromatic rings. The first kappa shape index (κ1) is 14.3. The van der Waals surface area contributed by atoms with Crippen molar-refractivity contribution >= 4 is 23.4 Å². The van der Waals surface area contributed by atoms with Gasteiger partial charge in [0.15, 0.2) is 0 Å². The lowest BCUT2D eigenvalue weighted by Crippen LogP contribution is -2.38. The highest BCUT2D eigenvalue weighted by atomic mass is 32.2. The molecular formula is C15H22N2OS. The number of hydrogen-bond acceptors (Lipinski definition) is 3. The summed E-state index contributed by atoms with van der Waals surface area (Å²) in [6, 6.07) is 5.82. The van der Waals surface area contributed by atoms with E-state index in [1.165, 1.54) is 12.8 Å². The second kappa shape index (κ2) is 6.33. The number of hydrogen-bond donors (Lipinski definition) is 2. The van der Waals surface area contributed by atoms with E-state index in [9.17, 15) is 4.79 Å². The molecule has 0 radical (unpaired) electrons. The summed E-state index contributed by atoms with van der Waals surface area (Å²) in [6.45, 7) is 1.95. The van der Waals surface area contributed by atoms with E-state index in [1.54, 1.807) is 6.07 Å². The Kier molecular flexibility index (Phi) is 4.75. The van der Waals surface area contributed by atoms with Crippen LogP contribution in [-0.4, -0.2) is 23.5 Å². The Morgan fingerprint density at radius 3 is 2.58 bits per heavy atom. The molecule has 19 heavy (non-hydrogen) atoms. The fourth-order valence-electron chi connectivity index (χ4n) is 2.49. The Morgan fingerprint density at radius 2 is 2.00 bits per heavy atom. The van der Waals surface area contributed by atoms with Gasteiger partial charge in [0.25, 0.3) is 5.91 Å². The highest BCUT2D eigenvalue weighted by Crippen LogP contribution is 2.27. The van der Waals surface area contributed by atoms with Crippen LogP contribution in [0.15, 0.2) is 18.2 Å². The number of nitrogen functional groups attached to an aromatic ring is 1. The molecule has 0 saturated heterocycles. The molecule has 1 aliphatic rings. The maximum absolute atomic E-state index is 12.2. The van der Waals surface area contributed by atoms with Crippen LogP contribution in [0.2, 0.25) is 0 Å². The number of amides is 1. The van der Waals surface area contributed by atoms with Crippen LogP contribution < -0.4 is 11.1 Å². The van der Waals surface area contributed by atoms with Crippen LogP contribution in [-0.2, 0) is 0 Å². The first-order chi connectivity index (χ1) is 9.10. The van der Waals surface area contributed by atoms with E-state index in [1.807, 2.05) is 30.8 Å². The summed E-state index contributed by atoms with van der Waals surface area (Å²) in [7, 11) is 0. The second-order valence-corrected chi connectivity index (χ2v) is 6.39. The number of carbonyl (C=O) groups excluding carboxylic acids is 1. The number of aryl methyl sites for hydroxylation is 1. The predicted molar refractivity (Wildman–Crippen MR) is 82.6 cm³/mol. The van der Waals surface area contributed by atoms with Gasteiger partial charge in [0.1, 0.15) is 0 Å². The number of anilines is 1. The van der Waals surface area contributed by atoms with Crippen LogP contribution in [0.4, 0.5) is 5.69 Å². The van der Waals surface area contributed by atoms with Gasteiger partial charge >= 0.3 is 0 Å². The number of rotatable bonds is 3. The largest absolute Gasteiger partial charge is 0.398 e. The smallest absolute Gasteiger partial charge is 0.251 e. The molecule has 0 heterocycles. The summed E-state index contributed by atoms with van der Waals surface area (Å²) in [4.78, 5) is 12.2. The van der Waals surface area contributed by atoms with Crippen molar-refractivity contribution in [1.82, 2.24) is 5.32 Å². The third kappa shape index (κ3) is 3.66. The van der Waals surface area contributed by atoms with Crippen molar-refractivity contribution in [2.75, 3.05) is 12.0 Å². The van der Waals surface area contributed by atoms with E-state index >= 15 is 0 Å². The average molecular weight is 278 g/mol. The van der Waals surface area contributed by atoms with Crippen LogP contribution in [0.3, 0.4) is 0 Å². The molecule has 0 aliphatic heterocycles. The Labute approximate surface area is 119 Å². The van der Waals surface area contributed by atoms with E-state index in [2.05, 4.69) is 11.6 Å². The van der Waals surface area contributed by atoms with Gasteiger partial charge in [0.2, 0.25) is 0 Å². The average Bonchev–Trinajstić information content (AvgIpc) is 2.42. The minimum Gasteiger partial charge on any atom is -0.398 e. The molecule has 0 atom stereocenters. The van der Waals surface area contributed by atoms with Crippen LogP contribution in [0, 0.1) is 6.92 Å². The van der Waals surface area contributed by atoms with Gasteiger partial charge in [-0.1, -0.05) is 6.07 Å². The maximum Gasteiger partial charge on any atom is 0.251 e. The molecule has 4 heteroatoms. The molecule has 104 valence electrons. The van der Waals surface area contributed by atoms with Crippen LogP contribution in [0.1, 0.15) is 41.6 Å². The third-order valence-electron chi connectivity index (χ3n) is 3.88. The van der Waals surface area contributed by atoms with Gasteiger partial charge in [0.05, 0.1) is 0 Å². The van der Waals surface area contributed by atoms with Crippen molar-refractivity contribution in [3.05, 3.63) is 29.3 Å². The van der Waals surface area contributed by atoms with Crippen LogP contribution in [0.5, 0.6) is 0 Å². The van der Waals surface area contributed by atoms with Crippen LogP contribution in [0.25, 0.3) is 0 Å². The molecule has 1 amide bonds. The lowest BCUT2D eigenvalue weighted by molar-refractivity contribution is 0.0928. The van der Waals surface area contributed by atoms with Gasteiger partial charge in [-0.05, 0) is 56.6 Å². The lowest BCUT2D eigenvalue weighted by atomic mass is 9.94. The van der Waals surface area contributed by atoms with Crippen LogP contribution >= 0.6 is 11.8 Å². The van der Waals surface area contributed by atoms with Crippen molar-refractivity contribution in [3.8, 4) is 0 Å². The van der Waals surface area contributed by atoms with Crippen molar-refractivity contribution in [2.24, 2.45) is 0 Å². The van der Waals surface area contributed by atoms with Crippen molar-refractivity contribution < 1.29 is 4.79 Å². The monoisotopic (exact) mass is 278 g/mol. The molecule has 0 bridgehead atoms. The maximum atomic E-state index is 12.2. The molecule has 3 nitrogen and oxygen atoms in total. The molecule has 1 aromatic carbocycles. The standard InChI is InChI=1S/C15H22N2OS/c1-10-3-4-11(9-14(10)16)15(18)17-12-5-7-13(19-2)8-6-12/h3-4,9,12-13H,5-8,16H2,1-2H3,(H,17,18). The Bertz CT molecular complexity index is 453. The summed E-state index contributed by atoms with van der Waals surface area (Å²) >= 11 is 1.94. The third-order valence-corrected chi connectivity index (χ3v) is 5.02. The molecule has 2 rings (SSSR count). The molecule has 0 aromatic heterocycles. The van der Waals surface area contributed by atoms with Crippen molar-refractivity contribution in [2.45, 2.75) is 43.9 Å². The Hall–Kier alpha value is -1.16. The number of carbonyl (C=O) groups is 1. The summed E-state index contributed by atoms with van der Waals surface area (Å²) < 4.78 is 0. The van der Waals surface area contributed by atoms with Gasteiger partial charge in [-0.2, -0.15) is 11.8 Å².